The van der Waals surface area contributed by atoms with Crippen molar-refractivity contribution in [2.75, 3.05) is 13.6 Å². The number of amides is 2. The van der Waals surface area contributed by atoms with Gasteiger partial charge >= 0.3 is 5.97 Å². The van der Waals surface area contributed by atoms with E-state index >= 15 is 0 Å². The first kappa shape index (κ1) is 17.5. The molecule has 2 N–H and O–H groups in total. The number of aliphatic carboxylic acids is 1. The molecule has 0 bridgehead atoms. The number of carboxylic acids is 1. The summed E-state index contributed by atoms with van der Waals surface area (Å²) >= 11 is 3.33. The molecule has 1 aromatic carbocycles. The minimum absolute atomic E-state index is 0.0603. The molecule has 23 heavy (non-hydrogen) atoms. The number of carbonyl (C=O) groups is 3. The van der Waals surface area contributed by atoms with Crippen molar-refractivity contribution >= 4 is 33.7 Å². The second-order valence-electron chi connectivity index (χ2n) is 5.72. The van der Waals surface area contributed by atoms with Gasteiger partial charge in [0.25, 0.3) is 0 Å². The van der Waals surface area contributed by atoms with Crippen LogP contribution in [0.1, 0.15) is 30.9 Å². The molecule has 1 aliphatic heterocycles. The van der Waals surface area contributed by atoms with Gasteiger partial charge in [-0.25, -0.2) is 0 Å². The SMILES string of the molecule is CN1CCC(C(=O)NC(CC(=O)O)c2ccc(Br)cc2)CC1=O. The maximum Gasteiger partial charge on any atom is 0.305 e. The van der Waals surface area contributed by atoms with E-state index < -0.39 is 17.9 Å². The van der Waals surface area contributed by atoms with E-state index in [0.29, 0.717) is 13.0 Å². The molecule has 2 amide bonds. The summed E-state index contributed by atoms with van der Waals surface area (Å²) in [5.74, 6) is -1.71. The van der Waals surface area contributed by atoms with E-state index in [1.807, 2.05) is 0 Å². The minimum Gasteiger partial charge on any atom is -0.481 e. The van der Waals surface area contributed by atoms with Crippen molar-refractivity contribution in [2.24, 2.45) is 5.92 Å². The third kappa shape index (κ3) is 4.79. The van der Waals surface area contributed by atoms with Crippen molar-refractivity contribution in [2.45, 2.75) is 25.3 Å². The highest BCUT2D eigenvalue weighted by atomic mass is 79.9. The molecule has 2 unspecified atom stereocenters. The lowest BCUT2D eigenvalue weighted by Gasteiger charge is -2.29. The Hall–Kier alpha value is -1.89. The number of carbonyl (C=O) groups excluding carboxylic acids is 2. The van der Waals surface area contributed by atoms with Crippen LogP contribution < -0.4 is 5.32 Å². The fourth-order valence-corrected chi connectivity index (χ4v) is 2.84. The quantitative estimate of drug-likeness (QED) is 0.814. The van der Waals surface area contributed by atoms with Gasteiger partial charge in [0.05, 0.1) is 12.5 Å². The van der Waals surface area contributed by atoms with Gasteiger partial charge in [-0.2, -0.15) is 0 Å². The lowest BCUT2D eigenvalue weighted by Crippen LogP contribution is -2.43. The normalized spacial score (nSPS) is 19.3. The van der Waals surface area contributed by atoms with E-state index in [9.17, 15) is 14.4 Å². The minimum atomic E-state index is -0.988. The maximum absolute atomic E-state index is 12.4. The second kappa shape index (κ2) is 7.59. The third-order valence-corrected chi connectivity index (χ3v) is 4.53. The lowest BCUT2D eigenvalue weighted by molar-refractivity contribution is -0.140. The van der Waals surface area contributed by atoms with Crippen LogP contribution in [-0.4, -0.2) is 41.4 Å². The first-order valence-electron chi connectivity index (χ1n) is 7.38. The molecular weight excluding hydrogens is 364 g/mol. The number of likely N-dealkylation sites (tertiary alicyclic amines) is 1. The summed E-state index contributed by atoms with van der Waals surface area (Å²) in [7, 11) is 1.71. The molecule has 0 aliphatic carbocycles. The molecule has 0 saturated carbocycles. The van der Waals surface area contributed by atoms with Gasteiger partial charge < -0.3 is 15.3 Å². The summed E-state index contributed by atoms with van der Waals surface area (Å²) < 4.78 is 0.877. The molecule has 0 spiro atoms. The van der Waals surface area contributed by atoms with Crippen LogP contribution >= 0.6 is 15.9 Å². The molecule has 0 radical (unpaired) electrons. The van der Waals surface area contributed by atoms with Gasteiger partial charge in [0.2, 0.25) is 11.8 Å². The average Bonchev–Trinajstić information content (AvgIpc) is 2.49. The van der Waals surface area contributed by atoms with Crippen LogP contribution in [-0.2, 0) is 14.4 Å². The molecule has 2 rings (SSSR count). The van der Waals surface area contributed by atoms with E-state index in [-0.39, 0.29) is 24.7 Å². The largest absolute Gasteiger partial charge is 0.481 e. The van der Waals surface area contributed by atoms with Gasteiger partial charge in [-0.3, -0.25) is 14.4 Å². The second-order valence-corrected chi connectivity index (χ2v) is 6.63. The molecule has 124 valence electrons. The Bertz CT molecular complexity index is 603. The smallest absolute Gasteiger partial charge is 0.305 e. The van der Waals surface area contributed by atoms with E-state index in [0.717, 1.165) is 10.0 Å². The number of nitrogens with one attached hydrogen (secondary N) is 1. The first-order chi connectivity index (χ1) is 10.9. The highest BCUT2D eigenvalue weighted by Gasteiger charge is 2.30. The Morgan fingerprint density at radius 2 is 2.04 bits per heavy atom. The molecular formula is C16H19BrN2O4. The lowest BCUT2D eigenvalue weighted by atomic mass is 9.94. The molecule has 1 saturated heterocycles. The Labute approximate surface area is 143 Å². The fourth-order valence-electron chi connectivity index (χ4n) is 2.58. The zero-order valence-corrected chi connectivity index (χ0v) is 14.4. The van der Waals surface area contributed by atoms with Crippen LogP contribution in [0.3, 0.4) is 0 Å². The number of hydrogen-bond acceptors (Lipinski definition) is 3. The highest BCUT2D eigenvalue weighted by Crippen LogP contribution is 2.23. The molecule has 1 aliphatic rings. The maximum atomic E-state index is 12.4. The summed E-state index contributed by atoms with van der Waals surface area (Å²) in [6, 6.07) is 6.54. The van der Waals surface area contributed by atoms with E-state index in [1.54, 1.807) is 36.2 Å². The number of hydrogen-bond donors (Lipinski definition) is 2. The number of piperidine rings is 1. The first-order valence-corrected chi connectivity index (χ1v) is 8.17. The van der Waals surface area contributed by atoms with Crippen molar-refractivity contribution in [1.82, 2.24) is 10.2 Å². The van der Waals surface area contributed by atoms with Crippen molar-refractivity contribution < 1.29 is 19.5 Å². The zero-order chi connectivity index (χ0) is 17.0. The van der Waals surface area contributed by atoms with Crippen LogP contribution in [0.5, 0.6) is 0 Å². The van der Waals surface area contributed by atoms with Crippen LogP contribution in [0, 0.1) is 5.92 Å². The highest BCUT2D eigenvalue weighted by molar-refractivity contribution is 9.10. The van der Waals surface area contributed by atoms with Crippen LogP contribution in [0.4, 0.5) is 0 Å². The molecule has 1 aromatic rings. The summed E-state index contributed by atoms with van der Waals surface area (Å²) in [4.78, 5) is 36.8. The molecule has 1 heterocycles. The monoisotopic (exact) mass is 382 g/mol. The van der Waals surface area contributed by atoms with Crippen molar-refractivity contribution in [3.8, 4) is 0 Å². The number of benzene rings is 1. The number of nitrogens with zero attached hydrogens (tertiary/aromatic N) is 1. The molecule has 7 heteroatoms. The number of rotatable bonds is 5. The summed E-state index contributed by atoms with van der Waals surface area (Å²) in [5.41, 5.74) is 0.725. The Balaban J connectivity index is 2.08. The Kier molecular flexibility index (Phi) is 5.76. The van der Waals surface area contributed by atoms with Crippen LogP contribution in [0.15, 0.2) is 28.7 Å². The molecule has 6 nitrogen and oxygen atoms in total. The molecule has 1 fully saturated rings. The fraction of sp³-hybridized carbons (Fsp3) is 0.438. The Morgan fingerprint density at radius 1 is 1.39 bits per heavy atom. The van der Waals surface area contributed by atoms with Gasteiger partial charge in [-0.1, -0.05) is 28.1 Å². The van der Waals surface area contributed by atoms with Gasteiger partial charge in [0, 0.05) is 30.4 Å². The van der Waals surface area contributed by atoms with E-state index in [4.69, 9.17) is 5.11 Å². The van der Waals surface area contributed by atoms with Gasteiger partial charge in [-0.15, -0.1) is 0 Å². The van der Waals surface area contributed by atoms with Crippen molar-refractivity contribution in [1.29, 1.82) is 0 Å². The Morgan fingerprint density at radius 3 is 2.61 bits per heavy atom. The predicted octanol–water partition coefficient (Wildman–Crippen LogP) is 1.95. The number of halogens is 1. The van der Waals surface area contributed by atoms with E-state index in [2.05, 4.69) is 21.2 Å². The topological polar surface area (TPSA) is 86.7 Å². The molecule has 0 aromatic heterocycles. The molecule has 2 atom stereocenters. The third-order valence-electron chi connectivity index (χ3n) is 4.00. The summed E-state index contributed by atoms with van der Waals surface area (Å²) in [5, 5.41) is 11.9. The van der Waals surface area contributed by atoms with Crippen LogP contribution in [0.2, 0.25) is 0 Å². The van der Waals surface area contributed by atoms with Crippen molar-refractivity contribution in [3.05, 3.63) is 34.3 Å². The standard InChI is InChI=1S/C16H19BrN2O4/c1-19-7-6-11(8-14(19)20)16(23)18-13(9-15(21)22)10-2-4-12(17)5-3-10/h2-5,11,13H,6-9H2,1H3,(H,18,23)(H,21,22). The predicted molar refractivity (Wildman–Crippen MR) is 87.6 cm³/mol. The average molecular weight is 383 g/mol. The number of carboxylic acid groups (broad SMARTS) is 1. The summed E-state index contributed by atoms with van der Waals surface area (Å²) in [6.07, 6.45) is 0.560. The van der Waals surface area contributed by atoms with Crippen LogP contribution in [0.25, 0.3) is 0 Å². The van der Waals surface area contributed by atoms with Gasteiger partial charge in [-0.05, 0) is 24.1 Å². The zero-order valence-electron chi connectivity index (χ0n) is 12.8. The van der Waals surface area contributed by atoms with E-state index in [1.165, 1.54) is 0 Å². The van der Waals surface area contributed by atoms with Gasteiger partial charge in [0.15, 0.2) is 0 Å². The summed E-state index contributed by atoms with van der Waals surface area (Å²) in [6.45, 7) is 0.540. The van der Waals surface area contributed by atoms with Gasteiger partial charge in [0.1, 0.15) is 0 Å². The van der Waals surface area contributed by atoms with Crippen molar-refractivity contribution in [3.63, 3.8) is 0 Å².